The summed E-state index contributed by atoms with van der Waals surface area (Å²) in [6.07, 6.45) is 7.09. The molecule has 2 fully saturated rings. The van der Waals surface area contributed by atoms with Crippen LogP contribution in [0, 0.1) is 48.4 Å². The molecule has 13 nitrogen and oxygen atoms in total. The highest BCUT2D eigenvalue weighted by atomic mass is 16.6. The van der Waals surface area contributed by atoms with Gasteiger partial charge in [0.05, 0.1) is 49.1 Å². The van der Waals surface area contributed by atoms with Gasteiger partial charge in [-0.2, -0.15) is 0 Å². The van der Waals surface area contributed by atoms with E-state index in [1.165, 1.54) is 7.11 Å². The first-order valence-electron chi connectivity index (χ1n) is 20.0. The van der Waals surface area contributed by atoms with Crippen molar-refractivity contribution in [2.24, 2.45) is 35.5 Å². The number of aliphatic hydroxyl groups is 6. The Kier molecular flexibility index (Phi) is 40.3. The van der Waals surface area contributed by atoms with Gasteiger partial charge in [-0.05, 0) is 78.2 Å². The van der Waals surface area contributed by atoms with Crippen LogP contribution in [0.4, 0.5) is 0 Å². The van der Waals surface area contributed by atoms with Crippen molar-refractivity contribution in [3.05, 3.63) is 0 Å². The van der Waals surface area contributed by atoms with Crippen LogP contribution in [0.2, 0.25) is 0 Å². The molecule has 0 saturated carbocycles. The predicted molar refractivity (Wildman–Crippen MR) is 221 cm³/mol. The first-order valence-corrected chi connectivity index (χ1v) is 20.0. The molecule has 2 heterocycles. The molecule has 0 aromatic rings. The number of methoxy groups -OCH3 is 2. The van der Waals surface area contributed by atoms with Gasteiger partial charge in [-0.3, -0.25) is 9.59 Å². The number of nitrogens with one attached hydrogen (secondary N) is 1. The maximum Gasteiger partial charge on any atom is 0.311 e. The zero-order valence-corrected chi connectivity index (χ0v) is 37.9. The molecule has 14 atom stereocenters. The molecule has 2 aliphatic rings. The molecule has 13 heteroatoms. The second-order valence-corrected chi connectivity index (χ2v) is 14.5. The topological polar surface area (TPSA) is 204 Å². The normalized spacial score (nSPS) is 27.1. The molecule has 0 aliphatic carbocycles. The maximum atomic E-state index is 12.7. The summed E-state index contributed by atoms with van der Waals surface area (Å²) in [6.45, 7) is 27.5. The van der Waals surface area contributed by atoms with Crippen LogP contribution < -0.4 is 5.32 Å². The molecule has 0 spiro atoms. The van der Waals surface area contributed by atoms with Gasteiger partial charge in [-0.15, -0.1) is 12.8 Å². The Morgan fingerprint density at radius 2 is 1.35 bits per heavy atom. The number of rotatable bonds is 13. The van der Waals surface area contributed by atoms with Crippen molar-refractivity contribution in [2.45, 2.75) is 177 Å². The van der Waals surface area contributed by atoms with Crippen molar-refractivity contribution >= 4 is 11.8 Å². The zero-order chi connectivity index (χ0) is 44.8. The quantitative estimate of drug-likeness (QED) is 0.101. The van der Waals surface area contributed by atoms with Gasteiger partial charge in [0.2, 0.25) is 0 Å². The fourth-order valence-electron chi connectivity index (χ4n) is 6.34. The van der Waals surface area contributed by atoms with Crippen LogP contribution >= 0.6 is 0 Å². The largest absolute Gasteiger partial charge is 0.469 e. The third-order valence-electron chi connectivity index (χ3n) is 9.83. The van der Waals surface area contributed by atoms with Crippen LogP contribution in [0.5, 0.6) is 0 Å². The number of likely N-dealkylation sites (N-methyl/N-ethyl adjacent to an activating group) is 1. The molecule has 7 N–H and O–H groups in total. The van der Waals surface area contributed by atoms with E-state index in [-0.39, 0.29) is 47.9 Å². The highest BCUT2D eigenvalue weighted by Crippen LogP contribution is 2.33. The van der Waals surface area contributed by atoms with E-state index in [2.05, 4.69) is 25.1 Å². The van der Waals surface area contributed by atoms with Crippen LogP contribution in [0.25, 0.3) is 0 Å². The summed E-state index contributed by atoms with van der Waals surface area (Å²) >= 11 is 0. The highest BCUT2D eigenvalue weighted by molar-refractivity contribution is 5.83. The Hall–Kier alpha value is -1.70. The van der Waals surface area contributed by atoms with E-state index in [1.54, 1.807) is 28.0 Å². The Balaban J connectivity index is -0.000000242. The van der Waals surface area contributed by atoms with Crippen LogP contribution in [-0.2, 0) is 28.5 Å². The van der Waals surface area contributed by atoms with Gasteiger partial charge >= 0.3 is 5.97 Å². The third-order valence-corrected chi connectivity index (χ3v) is 9.83. The number of carbonyl (C=O) groups excluding carboxylic acids is 2. The first-order chi connectivity index (χ1) is 25.7. The zero-order valence-electron chi connectivity index (χ0n) is 37.9. The number of carbonyl (C=O) groups is 2. The lowest BCUT2D eigenvalue weighted by Crippen LogP contribution is -2.52. The standard InChI is InChI=1S/C21H40O6.C7H15NO3.C7H14O2.2C2H6.C2H2.CH4O/c1-12(2)17(22)15(5)18(23)13(3)10-21(7,27-9)11-14(4)19(24)16(6)20(25)26-8;1-4-3-5(8-2)6(9)7(10)11-4;1-5-3-4-9-6(2)7(5)8;4*1-2/h12-17,19,22,24H,10-11H2,1-9H3;4-10H,3H2,1-2H3;5-8H,3-4H2,1-2H3;2*1-2H3;1-2H;2H,1H3/t13-,14-,15-,16-,17?,19+,21-;4?,5?,6-,7?;5-,6-,7+;;;;/m110..../s1. The monoisotopic (exact) mass is 798 g/mol. The van der Waals surface area contributed by atoms with Crippen molar-refractivity contribution in [1.29, 1.82) is 0 Å². The summed E-state index contributed by atoms with van der Waals surface area (Å²) in [5, 5.41) is 58.4. The Morgan fingerprint density at radius 3 is 1.73 bits per heavy atom. The van der Waals surface area contributed by atoms with Gasteiger partial charge in [0.25, 0.3) is 0 Å². The van der Waals surface area contributed by atoms with Crippen LogP contribution in [0.15, 0.2) is 0 Å². The molecule has 332 valence electrons. The smallest absolute Gasteiger partial charge is 0.311 e. The van der Waals surface area contributed by atoms with Gasteiger partial charge in [0.15, 0.2) is 6.29 Å². The molecule has 0 radical (unpaired) electrons. The Bertz CT molecular complexity index is 927. The number of hydrogen-bond donors (Lipinski definition) is 7. The predicted octanol–water partition coefficient (Wildman–Crippen LogP) is 4.60. The third kappa shape index (κ3) is 24.6. The fraction of sp³-hybridized carbons (Fsp3) is 0.905. The van der Waals surface area contributed by atoms with Crippen LogP contribution in [-0.4, -0.2) is 132 Å². The van der Waals surface area contributed by atoms with Crippen LogP contribution in [0.3, 0.4) is 0 Å². The summed E-state index contributed by atoms with van der Waals surface area (Å²) < 4.78 is 20.6. The number of esters is 1. The minimum atomic E-state index is -1.05. The van der Waals surface area contributed by atoms with E-state index in [0.717, 1.165) is 26.6 Å². The van der Waals surface area contributed by atoms with Crippen LogP contribution in [0.1, 0.15) is 123 Å². The molecule has 2 aliphatic heterocycles. The number of aliphatic hydroxyl groups excluding tert-OH is 6. The number of hydrogen-bond acceptors (Lipinski definition) is 13. The summed E-state index contributed by atoms with van der Waals surface area (Å²) in [4.78, 5) is 24.4. The average molecular weight is 798 g/mol. The summed E-state index contributed by atoms with van der Waals surface area (Å²) in [5.41, 5.74) is -0.631. The fourth-order valence-corrected chi connectivity index (χ4v) is 6.34. The minimum Gasteiger partial charge on any atom is -0.469 e. The number of Topliss-reactive ketones (excluding diaryl/α,β-unsaturated/α-hetero) is 1. The number of ether oxygens (including phenoxy) is 4. The van der Waals surface area contributed by atoms with Crippen molar-refractivity contribution < 1.29 is 59.2 Å². The molecular formula is C42H87NO12. The Labute approximate surface area is 336 Å². The first kappa shape index (κ1) is 62.5. The molecule has 0 amide bonds. The Morgan fingerprint density at radius 1 is 0.855 bits per heavy atom. The molecule has 2 rings (SSSR count). The van der Waals surface area contributed by atoms with E-state index >= 15 is 0 Å². The molecule has 4 unspecified atom stereocenters. The number of ketones is 1. The average Bonchev–Trinajstić information content (AvgIpc) is 3.19. The maximum absolute atomic E-state index is 12.7. The van der Waals surface area contributed by atoms with Gasteiger partial charge in [-0.25, -0.2) is 0 Å². The van der Waals surface area contributed by atoms with Gasteiger partial charge in [0, 0.05) is 38.7 Å². The highest BCUT2D eigenvalue weighted by Gasteiger charge is 2.38. The lowest BCUT2D eigenvalue weighted by Gasteiger charge is -2.36. The van der Waals surface area contributed by atoms with Gasteiger partial charge in [0.1, 0.15) is 11.9 Å². The van der Waals surface area contributed by atoms with Crippen molar-refractivity contribution in [1.82, 2.24) is 5.32 Å². The van der Waals surface area contributed by atoms with E-state index in [9.17, 15) is 30.0 Å². The van der Waals surface area contributed by atoms with Crippen molar-refractivity contribution in [3.63, 3.8) is 0 Å². The minimum absolute atomic E-state index is 0.00542. The molecule has 0 aromatic heterocycles. The molecular weight excluding hydrogens is 710 g/mol. The van der Waals surface area contributed by atoms with E-state index in [1.807, 2.05) is 76.2 Å². The molecule has 0 bridgehead atoms. The summed E-state index contributed by atoms with van der Waals surface area (Å²) in [7, 11) is 5.65. The molecule has 2 saturated heterocycles. The van der Waals surface area contributed by atoms with Gasteiger partial charge < -0.3 is 54.9 Å². The van der Waals surface area contributed by atoms with E-state index < -0.39 is 48.0 Å². The van der Waals surface area contributed by atoms with E-state index in [4.69, 9.17) is 29.2 Å². The second kappa shape index (κ2) is 35.5. The summed E-state index contributed by atoms with van der Waals surface area (Å²) in [6, 6.07) is -0.0613. The SMILES string of the molecule is C#C.CC.CC.CNC1CC(C)OC(O)[C@@H]1O.CO.COC(=O)[C@H](C)[C@@H](O)[C@H](C)C[C@@](C)(C[C@@H](C)C(=O)[C@H](C)C(O)C(C)C)OC.C[C@@H]1OCC[C@H](C)[C@H]1O. The lowest BCUT2D eigenvalue weighted by molar-refractivity contribution is -0.219. The second-order valence-electron chi connectivity index (χ2n) is 14.5. The van der Waals surface area contributed by atoms with Crippen molar-refractivity contribution in [2.75, 3.05) is 35.0 Å². The lowest BCUT2D eigenvalue weighted by atomic mass is 9.77. The molecule has 0 aromatic carbocycles. The summed E-state index contributed by atoms with van der Waals surface area (Å²) in [5.74, 6) is -1.60. The van der Waals surface area contributed by atoms with E-state index in [0.29, 0.717) is 18.8 Å². The molecule has 55 heavy (non-hydrogen) atoms. The van der Waals surface area contributed by atoms with Gasteiger partial charge in [-0.1, -0.05) is 69.2 Å². The van der Waals surface area contributed by atoms with Crippen molar-refractivity contribution in [3.8, 4) is 12.8 Å². The number of terminal acetylenes is 1.